The molecule has 106 valence electrons. The Kier molecular flexibility index (Phi) is 3.71. The Morgan fingerprint density at radius 3 is 2.60 bits per heavy atom. The molecule has 0 aliphatic heterocycles. The van der Waals surface area contributed by atoms with Gasteiger partial charge in [-0.3, -0.25) is 4.72 Å². The maximum absolute atomic E-state index is 12.3. The molecule has 7 heteroatoms. The van der Waals surface area contributed by atoms with Gasteiger partial charge in [-0.1, -0.05) is 6.07 Å². The fraction of sp³-hybridized carbons (Fsp3) is 0.0769. The predicted octanol–water partition coefficient (Wildman–Crippen LogP) is 1.78. The van der Waals surface area contributed by atoms with Crippen LogP contribution in [0.5, 0.6) is 11.5 Å². The van der Waals surface area contributed by atoms with Crippen molar-refractivity contribution in [3.63, 3.8) is 0 Å². The molecule has 4 N–H and O–H groups in total. The highest BCUT2D eigenvalue weighted by Gasteiger charge is 2.20. The lowest BCUT2D eigenvalue weighted by molar-refractivity contribution is 0.403. The van der Waals surface area contributed by atoms with Crippen molar-refractivity contribution in [3.05, 3.63) is 42.5 Å². The molecule has 0 saturated carbocycles. The second-order valence-corrected chi connectivity index (χ2v) is 5.72. The van der Waals surface area contributed by atoms with Crippen molar-refractivity contribution in [2.75, 3.05) is 17.6 Å². The van der Waals surface area contributed by atoms with E-state index in [4.69, 9.17) is 10.5 Å². The Bertz CT molecular complexity index is 729. The first-order valence-corrected chi connectivity index (χ1v) is 7.16. The molecule has 0 spiro atoms. The van der Waals surface area contributed by atoms with Crippen LogP contribution in [0.2, 0.25) is 0 Å². The van der Waals surface area contributed by atoms with E-state index < -0.39 is 10.0 Å². The molecule has 6 nitrogen and oxygen atoms in total. The number of hydrogen-bond acceptors (Lipinski definition) is 5. The number of ether oxygens (including phenoxy) is 1. The number of methoxy groups -OCH3 is 1. The summed E-state index contributed by atoms with van der Waals surface area (Å²) in [5.41, 5.74) is 6.16. The monoisotopic (exact) mass is 294 g/mol. The number of nitrogen functional groups attached to an aromatic ring is 1. The van der Waals surface area contributed by atoms with Crippen molar-refractivity contribution >= 4 is 21.4 Å². The average molecular weight is 294 g/mol. The number of anilines is 2. The smallest absolute Gasteiger partial charge is 0.265 e. The van der Waals surface area contributed by atoms with Crippen LogP contribution in [0.3, 0.4) is 0 Å². The lowest BCUT2D eigenvalue weighted by Crippen LogP contribution is -2.14. The minimum atomic E-state index is -3.86. The fourth-order valence-electron chi connectivity index (χ4n) is 1.68. The zero-order valence-electron chi connectivity index (χ0n) is 10.7. The first kappa shape index (κ1) is 14.0. The maximum atomic E-state index is 12.3. The number of sulfonamides is 1. The van der Waals surface area contributed by atoms with Crippen molar-refractivity contribution < 1.29 is 18.3 Å². The van der Waals surface area contributed by atoms with Crippen LogP contribution in [-0.4, -0.2) is 20.6 Å². The van der Waals surface area contributed by atoms with Gasteiger partial charge < -0.3 is 15.6 Å². The quantitative estimate of drug-likeness (QED) is 0.746. The first-order chi connectivity index (χ1) is 9.42. The number of aromatic hydroxyl groups is 1. The van der Waals surface area contributed by atoms with Crippen LogP contribution < -0.4 is 15.2 Å². The zero-order chi connectivity index (χ0) is 14.8. The van der Waals surface area contributed by atoms with Crippen molar-refractivity contribution in [3.8, 4) is 11.5 Å². The first-order valence-electron chi connectivity index (χ1n) is 5.68. The maximum Gasteiger partial charge on any atom is 0.265 e. The molecule has 0 unspecified atom stereocenters. The molecule has 2 aromatic rings. The zero-order valence-corrected chi connectivity index (χ0v) is 11.5. The van der Waals surface area contributed by atoms with Crippen LogP contribution in [0.1, 0.15) is 0 Å². The largest absolute Gasteiger partial charge is 0.508 e. The summed E-state index contributed by atoms with van der Waals surface area (Å²) in [7, 11) is -2.49. The Morgan fingerprint density at radius 2 is 1.95 bits per heavy atom. The number of nitrogens with two attached hydrogens (primary N) is 1. The predicted molar refractivity (Wildman–Crippen MR) is 76.3 cm³/mol. The van der Waals surface area contributed by atoms with Gasteiger partial charge in [0.05, 0.1) is 12.8 Å². The Hall–Kier alpha value is -2.41. The molecule has 0 aliphatic rings. The standard InChI is InChI=1S/C13H14N2O4S/c1-19-12-6-5-9(14)7-13(12)20(17,18)15-10-3-2-4-11(16)8-10/h2-8,15-16H,14H2,1H3. The third kappa shape index (κ3) is 2.94. The van der Waals surface area contributed by atoms with Gasteiger partial charge in [0.15, 0.2) is 0 Å². The molecule has 0 aliphatic carbocycles. The second kappa shape index (κ2) is 5.30. The fourth-order valence-corrected chi connectivity index (χ4v) is 2.94. The van der Waals surface area contributed by atoms with Crippen LogP contribution in [0, 0.1) is 0 Å². The molecule has 0 radical (unpaired) electrons. The van der Waals surface area contributed by atoms with E-state index in [2.05, 4.69) is 4.72 Å². The van der Waals surface area contributed by atoms with E-state index in [-0.39, 0.29) is 22.1 Å². The third-order valence-corrected chi connectivity index (χ3v) is 3.98. The van der Waals surface area contributed by atoms with Gasteiger partial charge in [0.2, 0.25) is 0 Å². The van der Waals surface area contributed by atoms with Crippen LogP contribution in [0.4, 0.5) is 11.4 Å². The summed E-state index contributed by atoms with van der Waals surface area (Å²) in [5, 5.41) is 9.35. The molecule has 0 bridgehead atoms. The van der Waals surface area contributed by atoms with Gasteiger partial charge in [-0.05, 0) is 30.3 Å². The number of hydrogen-bond donors (Lipinski definition) is 3. The highest BCUT2D eigenvalue weighted by Crippen LogP contribution is 2.28. The van der Waals surface area contributed by atoms with Gasteiger partial charge in [-0.2, -0.15) is 0 Å². The van der Waals surface area contributed by atoms with Crippen LogP contribution in [0.25, 0.3) is 0 Å². The SMILES string of the molecule is COc1ccc(N)cc1S(=O)(=O)Nc1cccc(O)c1. The molecule has 0 atom stereocenters. The minimum absolute atomic E-state index is 0.0373. The van der Waals surface area contributed by atoms with Gasteiger partial charge in [-0.15, -0.1) is 0 Å². The van der Waals surface area contributed by atoms with E-state index in [1.54, 1.807) is 6.07 Å². The molecular formula is C13H14N2O4S. The lowest BCUT2D eigenvalue weighted by atomic mass is 10.3. The molecule has 0 aromatic heterocycles. The number of phenolic OH excluding ortho intramolecular Hbond substituents is 1. The van der Waals surface area contributed by atoms with E-state index in [1.165, 1.54) is 43.5 Å². The van der Waals surface area contributed by atoms with Crippen molar-refractivity contribution in [1.82, 2.24) is 0 Å². The summed E-state index contributed by atoms with van der Waals surface area (Å²) in [4.78, 5) is -0.0663. The van der Waals surface area contributed by atoms with E-state index in [0.29, 0.717) is 5.69 Å². The summed E-state index contributed by atoms with van der Waals surface area (Å²) in [6.07, 6.45) is 0. The van der Waals surface area contributed by atoms with Crippen LogP contribution in [0.15, 0.2) is 47.4 Å². The van der Waals surface area contributed by atoms with Gasteiger partial charge in [0.1, 0.15) is 16.4 Å². The van der Waals surface area contributed by atoms with Crippen LogP contribution >= 0.6 is 0 Å². The van der Waals surface area contributed by atoms with E-state index in [0.717, 1.165) is 0 Å². The molecule has 0 saturated heterocycles. The Labute approximate surface area is 116 Å². The normalized spacial score (nSPS) is 11.1. The summed E-state index contributed by atoms with van der Waals surface area (Å²) in [5.74, 6) is 0.150. The van der Waals surface area contributed by atoms with Crippen molar-refractivity contribution in [2.45, 2.75) is 4.90 Å². The van der Waals surface area contributed by atoms with Gasteiger partial charge >= 0.3 is 0 Å². The van der Waals surface area contributed by atoms with Gasteiger partial charge in [0.25, 0.3) is 10.0 Å². The highest BCUT2D eigenvalue weighted by atomic mass is 32.2. The molecule has 2 aromatic carbocycles. The van der Waals surface area contributed by atoms with Gasteiger partial charge in [-0.25, -0.2) is 8.42 Å². The number of benzene rings is 2. The van der Waals surface area contributed by atoms with Crippen LogP contribution in [-0.2, 0) is 10.0 Å². The highest BCUT2D eigenvalue weighted by molar-refractivity contribution is 7.92. The Balaban J connectivity index is 2.43. The molecule has 2 rings (SSSR count). The summed E-state index contributed by atoms with van der Waals surface area (Å²) in [6.45, 7) is 0. The van der Waals surface area contributed by atoms with Crippen molar-refractivity contribution in [2.24, 2.45) is 0 Å². The van der Waals surface area contributed by atoms with E-state index >= 15 is 0 Å². The lowest BCUT2D eigenvalue weighted by Gasteiger charge is -2.12. The third-order valence-electron chi connectivity index (χ3n) is 2.58. The summed E-state index contributed by atoms with van der Waals surface area (Å²) >= 11 is 0. The molecule has 0 heterocycles. The molecule has 0 fully saturated rings. The topological polar surface area (TPSA) is 102 Å². The molecular weight excluding hydrogens is 280 g/mol. The summed E-state index contributed by atoms with van der Waals surface area (Å²) in [6, 6.07) is 10.1. The number of rotatable bonds is 4. The Morgan fingerprint density at radius 1 is 1.20 bits per heavy atom. The van der Waals surface area contributed by atoms with Crippen molar-refractivity contribution in [1.29, 1.82) is 0 Å². The number of phenols is 1. The summed E-state index contributed by atoms with van der Waals surface area (Å²) < 4.78 is 32.0. The van der Waals surface area contributed by atoms with Gasteiger partial charge in [0, 0.05) is 11.8 Å². The second-order valence-electron chi connectivity index (χ2n) is 4.07. The molecule has 0 amide bonds. The number of nitrogens with one attached hydrogen (secondary N) is 1. The average Bonchev–Trinajstić information content (AvgIpc) is 2.38. The molecule has 20 heavy (non-hydrogen) atoms. The minimum Gasteiger partial charge on any atom is -0.508 e. The van der Waals surface area contributed by atoms with E-state index in [1.807, 2.05) is 0 Å². The van der Waals surface area contributed by atoms with E-state index in [9.17, 15) is 13.5 Å².